The SMILES string of the molecule is CC(=O)Nc1ccc(C(=O)Nc2ccc(N3C(=O)CCC3C)cc2)cc1. The fraction of sp³-hybridized carbons (Fsp3) is 0.250. The molecule has 26 heavy (non-hydrogen) atoms. The van der Waals surface area contributed by atoms with E-state index < -0.39 is 0 Å². The van der Waals surface area contributed by atoms with Crippen LogP contribution in [0.15, 0.2) is 48.5 Å². The monoisotopic (exact) mass is 351 g/mol. The Morgan fingerprint density at radius 3 is 2.08 bits per heavy atom. The van der Waals surface area contributed by atoms with Gasteiger partial charge >= 0.3 is 0 Å². The van der Waals surface area contributed by atoms with E-state index in [0.29, 0.717) is 23.4 Å². The number of hydrogen-bond acceptors (Lipinski definition) is 3. The van der Waals surface area contributed by atoms with Crippen LogP contribution < -0.4 is 15.5 Å². The molecule has 6 heteroatoms. The molecule has 1 aliphatic rings. The molecule has 2 aromatic rings. The number of benzene rings is 2. The standard InChI is InChI=1S/C20H21N3O3/c1-13-3-12-19(25)23(13)18-10-8-17(9-11-18)22-20(26)15-4-6-16(7-5-15)21-14(2)24/h4-11,13H,3,12H2,1-2H3,(H,21,24)(H,22,26). The van der Waals surface area contributed by atoms with Crippen LogP contribution in [0.25, 0.3) is 0 Å². The van der Waals surface area contributed by atoms with Gasteiger partial charge in [-0.05, 0) is 61.9 Å². The largest absolute Gasteiger partial charge is 0.326 e. The van der Waals surface area contributed by atoms with Crippen LogP contribution in [0.5, 0.6) is 0 Å². The predicted molar refractivity (Wildman–Crippen MR) is 101 cm³/mol. The molecule has 0 saturated carbocycles. The van der Waals surface area contributed by atoms with Crippen LogP contribution >= 0.6 is 0 Å². The van der Waals surface area contributed by atoms with Crippen molar-refractivity contribution in [3.63, 3.8) is 0 Å². The van der Waals surface area contributed by atoms with Gasteiger partial charge in [-0.2, -0.15) is 0 Å². The highest BCUT2D eigenvalue weighted by Crippen LogP contribution is 2.27. The zero-order chi connectivity index (χ0) is 18.7. The van der Waals surface area contributed by atoms with Gasteiger partial charge in [0.2, 0.25) is 11.8 Å². The van der Waals surface area contributed by atoms with E-state index in [1.165, 1.54) is 6.92 Å². The lowest BCUT2D eigenvalue weighted by Gasteiger charge is -2.22. The van der Waals surface area contributed by atoms with Crippen molar-refractivity contribution in [3.05, 3.63) is 54.1 Å². The van der Waals surface area contributed by atoms with Crippen LogP contribution in [0.1, 0.15) is 37.0 Å². The van der Waals surface area contributed by atoms with Gasteiger partial charge in [-0.15, -0.1) is 0 Å². The summed E-state index contributed by atoms with van der Waals surface area (Å²) >= 11 is 0. The maximum Gasteiger partial charge on any atom is 0.255 e. The van der Waals surface area contributed by atoms with Crippen molar-refractivity contribution in [1.29, 1.82) is 0 Å². The molecule has 3 amide bonds. The Labute approximate surface area is 152 Å². The molecule has 134 valence electrons. The molecule has 2 aromatic carbocycles. The fourth-order valence-electron chi connectivity index (χ4n) is 3.04. The number of amides is 3. The summed E-state index contributed by atoms with van der Waals surface area (Å²) in [6.45, 7) is 3.46. The fourth-order valence-corrected chi connectivity index (χ4v) is 3.04. The normalized spacial score (nSPS) is 16.5. The van der Waals surface area contributed by atoms with Gasteiger partial charge in [0.1, 0.15) is 0 Å². The lowest BCUT2D eigenvalue weighted by Crippen LogP contribution is -2.30. The van der Waals surface area contributed by atoms with Crippen LogP contribution in [-0.4, -0.2) is 23.8 Å². The Bertz CT molecular complexity index is 828. The summed E-state index contributed by atoms with van der Waals surface area (Å²) in [5.74, 6) is -0.264. The minimum Gasteiger partial charge on any atom is -0.326 e. The first-order valence-corrected chi connectivity index (χ1v) is 8.55. The summed E-state index contributed by atoms with van der Waals surface area (Å²) < 4.78 is 0. The van der Waals surface area contributed by atoms with E-state index in [4.69, 9.17) is 0 Å². The van der Waals surface area contributed by atoms with Crippen molar-refractivity contribution >= 4 is 34.8 Å². The maximum absolute atomic E-state index is 12.3. The summed E-state index contributed by atoms with van der Waals surface area (Å²) in [7, 11) is 0. The average Bonchev–Trinajstić information content (AvgIpc) is 2.94. The van der Waals surface area contributed by atoms with Gasteiger partial charge in [0.25, 0.3) is 5.91 Å². The van der Waals surface area contributed by atoms with E-state index in [0.717, 1.165) is 12.1 Å². The Morgan fingerprint density at radius 1 is 0.962 bits per heavy atom. The summed E-state index contributed by atoms with van der Waals surface area (Å²) in [5, 5.41) is 5.49. The van der Waals surface area contributed by atoms with Gasteiger partial charge in [0.15, 0.2) is 0 Å². The smallest absolute Gasteiger partial charge is 0.255 e. The average molecular weight is 351 g/mol. The molecule has 0 aliphatic carbocycles. The Kier molecular flexibility index (Phi) is 5.02. The quantitative estimate of drug-likeness (QED) is 0.886. The van der Waals surface area contributed by atoms with Crippen LogP contribution in [0.2, 0.25) is 0 Å². The third-order valence-electron chi connectivity index (χ3n) is 4.36. The second kappa shape index (κ2) is 7.39. The van der Waals surface area contributed by atoms with Gasteiger partial charge in [-0.1, -0.05) is 0 Å². The van der Waals surface area contributed by atoms with Gasteiger partial charge in [-0.3, -0.25) is 14.4 Å². The molecule has 1 atom stereocenters. The lowest BCUT2D eigenvalue weighted by molar-refractivity contribution is -0.117. The van der Waals surface area contributed by atoms with Crippen LogP contribution in [0.3, 0.4) is 0 Å². The van der Waals surface area contributed by atoms with Crippen LogP contribution in [-0.2, 0) is 9.59 Å². The van der Waals surface area contributed by atoms with Crippen molar-refractivity contribution in [3.8, 4) is 0 Å². The molecule has 0 radical (unpaired) electrons. The zero-order valence-electron chi connectivity index (χ0n) is 14.8. The van der Waals surface area contributed by atoms with Crippen molar-refractivity contribution in [2.24, 2.45) is 0 Å². The van der Waals surface area contributed by atoms with Crippen LogP contribution in [0.4, 0.5) is 17.1 Å². The van der Waals surface area contributed by atoms with E-state index in [2.05, 4.69) is 10.6 Å². The number of carbonyl (C=O) groups is 3. The van der Waals surface area contributed by atoms with E-state index in [-0.39, 0.29) is 23.8 Å². The number of carbonyl (C=O) groups excluding carboxylic acids is 3. The first kappa shape index (κ1) is 17.7. The minimum atomic E-state index is -0.238. The molecule has 3 rings (SSSR count). The van der Waals surface area contributed by atoms with Crippen molar-refractivity contribution in [2.45, 2.75) is 32.7 Å². The van der Waals surface area contributed by atoms with E-state index in [9.17, 15) is 14.4 Å². The molecular formula is C20H21N3O3. The van der Waals surface area contributed by atoms with E-state index in [1.54, 1.807) is 41.3 Å². The molecule has 6 nitrogen and oxygen atoms in total. The molecular weight excluding hydrogens is 330 g/mol. The lowest BCUT2D eigenvalue weighted by atomic mass is 10.2. The summed E-state index contributed by atoms with van der Waals surface area (Å²) in [6.07, 6.45) is 1.44. The number of nitrogens with zero attached hydrogens (tertiary/aromatic N) is 1. The number of anilines is 3. The summed E-state index contributed by atoms with van der Waals surface area (Å²) in [5.41, 5.74) is 2.64. The molecule has 1 aliphatic heterocycles. The topological polar surface area (TPSA) is 78.5 Å². The zero-order valence-corrected chi connectivity index (χ0v) is 14.8. The molecule has 1 saturated heterocycles. The number of nitrogens with one attached hydrogen (secondary N) is 2. The van der Waals surface area contributed by atoms with Crippen molar-refractivity contribution < 1.29 is 14.4 Å². The Hall–Kier alpha value is -3.15. The first-order valence-electron chi connectivity index (χ1n) is 8.55. The molecule has 2 N–H and O–H groups in total. The van der Waals surface area contributed by atoms with Gasteiger partial charge in [0.05, 0.1) is 0 Å². The van der Waals surface area contributed by atoms with Crippen LogP contribution in [0, 0.1) is 0 Å². The predicted octanol–water partition coefficient (Wildman–Crippen LogP) is 3.41. The molecule has 0 spiro atoms. The Morgan fingerprint density at radius 2 is 1.54 bits per heavy atom. The van der Waals surface area contributed by atoms with Gasteiger partial charge in [-0.25, -0.2) is 0 Å². The maximum atomic E-state index is 12.3. The number of hydrogen-bond donors (Lipinski definition) is 2. The van der Waals surface area contributed by atoms with Crippen molar-refractivity contribution in [2.75, 3.05) is 15.5 Å². The Balaban J connectivity index is 1.66. The molecule has 1 heterocycles. The van der Waals surface area contributed by atoms with E-state index >= 15 is 0 Å². The first-order chi connectivity index (χ1) is 12.4. The molecule has 1 unspecified atom stereocenters. The van der Waals surface area contributed by atoms with Gasteiger partial charge in [0, 0.05) is 42.0 Å². The highest BCUT2D eigenvalue weighted by Gasteiger charge is 2.28. The highest BCUT2D eigenvalue weighted by molar-refractivity contribution is 6.05. The third-order valence-corrected chi connectivity index (χ3v) is 4.36. The summed E-state index contributed by atoms with van der Waals surface area (Å²) in [6, 6.07) is 14.1. The molecule has 0 bridgehead atoms. The van der Waals surface area contributed by atoms with Crippen molar-refractivity contribution in [1.82, 2.24) is 0 Å². The third kappa shape index (κ3) is 3.91. The van der Waals surface area contributed by atoms with E-state index in [1.807, 2.05) is 19.1 Å². The second-order valence-electron chi connectivity index (χ2n) is 6.41. The summed E-state index contributed by atoms with van der Waals surface area (Å²) in [4.78, 5) is 37.1. The highest BCUT2D eigenvalue weighted by atomic mass is 16.2. The molecule has 0 aromatic heterocycles. The second-order valence-corrected chi connectivity index (χ2v) is 6.41. The minimum absolute atomic E-state index is 0.133. The molecule has 1 fully saturated rings. The van der Waals surface area contributed by atoms with Gasteiger partial charge < -0.3 is 15.5 Å². The number of rotatable bonds is 4.